The lowest BCUT2D eigenvalue weighted by Crippen LogP contribution is -2.39. The largest absolute Gasteiger partial charge is 0.357 e. The number of halogens is 3. The molecule has 3 N–H and O–H groups in total. The topological polar surface area (TPSA) is 65.5 Å². The minimum atomic E-state index is -0.548. The summed E-state index contributed by atoms with van der Waals surface area (Å²) in [5.74, 6) is -0.568. The molecule has 0 saturated carbocycles. The molecule has 0 saturated heterocycles. The molecular formula is C21H25F2IN4O. The van der Waals surface area contributed by atoms with Gasteiger partial charge in [0, 0.05) is 36.7 Å². The fraction of sp³-hybridized carbons (Fsp3) is 0.333. The first-order chi connectivity index (χ1) is 13.6. The monoisotopic (exact) mass is 514 g/mol. The molecule has 1 unspecified atom stereocenters. The maximum Gasteiger partial charge on any atom is 0.225 e. The van der Waals surface area contributed by atoms with Crippen molar-refractivity contribution in [3.8, 4) is 0 Å². The van der Waals surface area contributed by atoms with E-state index in [1.165, 1.54) is 18.2 Å². The van der Waals surface area contributed by atoms with Gasteiger partial charge >= 0.3 is 0 Å². The van der Waals surface area contributed by atoms with Crippen LogP contribution in [-0.4, -0.2) is 31.5 Å². The quantitative estimate of drug-likeness (QED) is 0.312. The Morgan fingerprint density at radius 3 is 2.59 bits per heavy atom. The number of benzene rings is 2. The zero-order valence-electron chi connectivity index (χ0n) is 16.2. The van der Waals surface area contributed by atoms with Crippen LogP contribution in [0.4, 0.5) is 14.5 Å². The molecule has 0 aliphatic carbocycles. The Kier molecular flexibility index (Phi) is 8.81. The molecule has 1 aliphatic rings. The Morgan fingerprint density at radius 2 is 1.86 bits per heavy atom. The predicted octanol–water partition coefficient (Wildman–Crippen LogP) is 3.81. The first-order valence-electron chi connectivity index (χ1n) is 9.42. The zero-order valence-corrected chi connectivity index (χ0v) is 18.5. The molecule has 3 rings (SSSR count). The van der Waals surface area contributed by atoms with Crippen molar-refractivity contribution >= 4 is 41.5 Å². The lowest BCUT2D eigenvalue weighted by atomic mass is 9.91. The fourth-order valence-corrected chi connectivity index (χ4v) is 3.29. The molecule has 0 bridgehead atoms. The van der Waals surface area contributed by atoms with E-state index in [1.54, 1.807) is 0 Å². The second-order valence-electron chi connectivity index (χ2n) is 6.63. The molecule has 1 heterocycles. The summed E-state index contributed by atoms with van der Waals surface area (Å²) in [6, 6.07) is 11.6. The molecule has 8 heteroatoms. The number of fused-ring (bicyclic) bond motifs is 1. The fourth-order valence-electron chi connectivity index (χ4n) is 3.29. The first-order valence-corrected chi connectivity index (χ1v) is 9.42. The van der Waals surface area contributed by atoms with Gasteiger partial charge < -0.3 is 16.0 Å². The SMILES string of the molecule is CCNC(=NCC1CC(=O)Nc2ccccc21)NCCc1c(F)cccc1F.I. The molecule has 1 amide bonds. The summed E-state index contributed by atoms with van der Waals surface area (Å²) in [5.41, 5.74) is 1.95. The highest BCUT2D eigenvalue weighted by atomic mass is 127. The number of hydrogen-bond donors (Lipinski definition) is 3. The van der Waals surface area contributed by atoms with Crippen molar-refractivity contribution < 1.29 is 13.6 Å². The molecule has 0 spiro atoms. The number of guanidine groups is 1. The van der Waals surface area contributed by atoms with Gasteiger partial charge in [-0.25, -0.2) is 8.78 Å². The number of nitrogens with zero attached hydrogens (tertiary/aromatic N) is 1. The van der Waals surface area contributed by atoms with Crippen molar-refractivity contribution in [1.29, 1.82) is 0 Å². The average molecular weight is 514 g/mol. The molecular weight excluding hydrogens is 489 g/mol. The third kappa shape index (κ3) is 6.12. The second kappa shape index (κ2) is 11.1. The number of anilines is 1. The van der Waals surface area contributed by atoms with Gasteiger partial charge in [0.05, 0.1) is 6.54 Å². The van der Waals surface area contributed by atoms with Crippen LogP contribution in [0.3, 0.4) is 0 Å². The summed E-state index contributed by atoms with van der Waals surface area (Å²) < 4.78 is 27.5. The van der Waals surface area contributed by atoms with Gasteiger partial charge in [0.25, 0.3) is 0 Å². The van der Waals surface area contributed by atoms with E-state index in [0.29, 0.717) is 32.0 Å². The number of rotatable bonds is 6. The molecule has 156 valence electrons. The van der Waals surface area contributed by atoms with E-state index in [0.717, 1.165) is 11.3 Å². The third-order valence-corrected chi connectivity index (χ3v) is 4.65. The summed E-state index contributed by atoms with van der Waals surface area (Å²) in [7, 11) is 0. The average Bonchev–Trinajstić information content (AvgIpc) is 2.68. The van der Waals surface area contributed by atoms with Gasteiger partial charge in [0.1, 0.15) is 11.6 Å². The standard InChI is InChI=1S/C21H24F2N4O.HI/c1-2-24-21(25-11-10-16-17(22)7-5-8-18(16)23)26-13-14-12-20(28)27-19-9-4-3-6-15(14)19;/h3-9,14H,2,10-13H2,1H3,(H,27,28)(H2,24,25,26);1H. The molecule has 1 atom stereocenters. The van der Waals surface area contributed by atoms with Crippen LogP contribution < -0.4 is 16.0 Å². The van der Waals surface area contributed by atoms with Gasteiger partial charge in [0.15, 0.2) is 5.96 Å². The van der Waals surface area contributed by atoms with Crippen molar-refractivity contribution in [3.05, 3.63) is 65.2 Å². The van der Waals surface area contributed by atoms with E-state index < -0.39 is 11.6 Å². The normalized spacial score (nSPS) is 15.8. The van der Waals surface area contributed by atoms with Gasteiger partial charge in [-0.3, -0.25) is 9.79 Å². The van der Waals surface area contributed by atoms with Crippen molar-refractivity contribution in [1.82, 2.24) is 10.6 Å². The Hall–Kier alpha value is -2.23. The Bertz CT molecular complexity index is 855. The third-order valence-electron chi connectivity index (χ3n) is 4.65. The highest BCUT2D eigenvalue weighted by molar-refractivity contribution is 14.0. The zero-order chi connectivity index (χ0) is 19.9. The molecule has 2 aromatic rings. The van der Waals surface area contributed by atoms with E-state index in [4.69, 9.17) is 0 Å². The summed E-state index contributed by atoms with van der Waals surface area (Å²) in [5, 5.41) is 9.10. The molecule has 0 fully saturated rings. The number of para-hydroxylation sites is 1. The lowest BCUT2D eigenvalue weighted by molar-refractivity contribution is -0.116. The van der Waals surface area contributed by atoms with E-state index in [1.807, 2.05) is 31.2 Å². The predicted molar refractivity (Wildman–Crippen MR) is 122 cm³/mol. The molecule has 0 radical (unpaired) electrons. The van der Waals surface area contributed by atoms with Gasteiger partial charge in [-0.15, -0.1) is 24.0 Å². The highest BCUT2D eigenvalue weighted by Gasteiger charge is 2.24. The Labute approximate surface area is 186 Å². The summed E-state index contributed by atoms with van der Waals surface area (Å²) in [6.07, 6.45) is 0.581. The summed E-state index contributed by atoms with van der Waals surface area (Å²) >= 11 is 0. The number of carbonyl (C=O) groups is 1. The number of carbonyl (C=O) groups excluding carboxylic acids is 1. The van der Waals surface area contributed by atoms with Crippen LogP contribution in [0.2, 0.25) is 0 Å². The van der Waals surface area contributed by atoms with Crippen LogP contribution in [0.1, 0.15) is 30.4 Å². The molecule has 29 heavy (non-hydrogen) atoms. The Morgan fingerprint density at radius 1 is 1.14 bits per heavy atom. The van der Waals surface area contributed by atoms with Crippen LogP contribution in [-0.2, 0) is 11.2 Å². The lowest BCUT2D eigenvalue weighted by Gasteiger charge is -2.24. The van der Waals surface area contributed by atoms with Gasteiger partial charge in [-0.05, 0) is 37.1 Å². The van der Waals surface area contributed by atoms with E-state index in [2.05, 4.69) is 20.9 Å². The van der Waals surface area contributed by atoms with Crippen LogP contribution >= 0.6 is 24.0 Å². The number of aliphatic imine (C=N–C) groups is 1. The number of nitrogens with one attached hydrogen (secondary N) is 3. The van der Waals surface area contributed by atoms with Gasteiger partial charge in [-0.1, -0.05) is 24.3 Å². The maximum absolute atomic E-state index is 13.7. The van der Waals surface area contributed by atoms with Crippen LogP contribution in [0, 0.1) is 11.6 Å². The van der Waals surface area contributed by atoms with E-state index in [9.17, 15) is 13.6 Å². The van der Waals surface area contributed by atoms with Gasteiger partial charge in [-0.2, -0.15) is 0 Å². The van der Waals surface area contributed by atoms with Crippen molar-refractivity contribution in [2.45, 2.75) is 25.7 Å². The first kappa shape index (κ1) is 23.1. The van der Waals surface area contributed by atoms with E-state index in [-0.39, 0.29) is 47.8 Å². The van der Waals surface area contributed by atoms with Crippen LogP contribution in [0.25, 0.3) is 0 Å². The minimum absolute atomic E-state index is 0. The van der Waals surface area contributed by atoms with Crippen molar-refractivity contribution in [3.63, 3.8) is 0 Å². The summed E-state index contributed by atoms with van der Waals surface area (Å²) in [4.78, 5) is 16.5. The van der Waals surface area contributed by atoms with Crippen LogP contribution in [0.15, 0.2) is 47.5 Å². The van der Waals surface area contributed by atoms with Crippen molar-refractivity contribution in [2.24, 2.45) is 4.99 Å². The maximum atomic E-state index is 13.7. The molecule has 2 aromatic carbocycles. The molecule has 5 nitrogen and oxygen atoms in total. The van der Waals surface area contributed by atoms with Crippen molar-refractivity contribution in [2.75, 3.05) is 25.0 Å². The summed E-state index contributed by atoms with van der Waals surface area (Å²) in [6.45, 7) is 3.37. The molecule has 1 aliphatic heterocycles. The van der Waals surface area contributed by atoms with Gasteiger partial charge in [0.2, 0.25) is 5.91 Å². The minimum Gasteiger partial charge on any atom is -0.357 e. The number of amides is 1. The number of hydrogen-bond acceptors (Lipinski definition) is 2. The Balaban J connectivity index is 0.00000300. The van der Waals surface area contributed by atoms with E-state index >= 15 is 0 Å². The highest BCUT2D eigenvalue weighted by Crippen LogP contribution is 2.31. The second-order valence-corrected chi connectivity index (χ2v) is 6.63. The smallest absolute Gasteiger partial charge is 0.225 e. The molecule has 0 aromatic heterocycles. The van der Waals surface area contributed by atoms with Crippen LogP contribution in [0.5, 0.6) is 0 Å².